The lowest BCUT2D eigenvalue weighted by Crippen LogP contribution is -1.65. The molecule has 2 aromatic rings. The highest BCUT2D eigenvalue weighted by Gasteiger charge is 1.96. The van der Waals surface area contributed by atoms with Gasteiger partial charge in [0.1, 0.15) is 4.83 Å². The fourth-order valence-electron chi connectivity index (χ4n) is 0.842. The standard InChI is InChI=1S/C7H4BrNS/c8-6-4-5-2-1-3-9-7(5)10-6/h1-4H. The Balaban J connectivity index is 2.88. The van der Waals surface area contributed by atoms with Gasteiger partial charge in [-0.25, -0.2) is 4.98 Å². The molecule has 0 atom stereocenters. The van der Waals surface area contributed by atoms with Gasteiger partial charge in [-0.1, -0.05) is 6.07 Å². The van der Waals surface area contributed by atoms with Crippen LogP contribution >= 0.6 is 27.3 Å². The van der Waals surface area contributed by atoms with Crippen LogP contribution in [0.2, 0.25) is 0 Å². The summed E-state index contributed by atoms with van der Waals surface area (Å²) in [6.07, 6.45) is 1.81. The van der Waals surface area contributed by atoms with Crippen LogP contribution in [0, 0.1) is 0 Å². The monoisotopic (exact) mass is 213 g/mol. The summed E-state index contributed by atoms with van der Waals surface area (Å²) in [7, 11) is 0. The second kappa shape index (κ2) is 2.32. The summed E-state index contributed by atoms with van der Waals surface area (Å²) in [5, 5.41) is 1.21. The lowest BCUT2D eigenvalue weighted by atomic mass is 10.4. The molecule has 0 radical (unpaired) electrons. The van der Waals surface area contributed by atoms with E-state index >= 15 is 0 Å². The Morgan fingerprint density at radius 3 is 3.20 bits per heavy atom. The zero-order valence-electron chi connectivity index (χ0n) is 5.04. The largest absolute Gasteiger partial charge is 0.245 e. The number of fused-ring (bicyclic) bond motifs is 1. The lowest BCUT2D eigenvalue weighted by Gasteiger charge is -1.81. The van der Waals surface area contributed by atoms with Crippen molar-refractivity contribution in [1.29, 1.82) is 0 Å². The van der Waals surface area contributed by atoms with E-state index in [4.69, 9.17) is 0 Å². The van der Waals surface area contributed by atoms with Crippen molar-refractivity contribution >= 4 is 37.5 Å². The normalized spacial score (nSPS) is 10.5. The highest BCUT2D eigenvalue weighted by atomic mass is 79.9. The van der Waals surface area contributed by atoms with E-state index in [1.807, 2.05) is 12.3 Å². The van der Waals surface area contributed by atoms with Gasteiger partial charge in [-0.15, -0.1) is 11.3 Å². The molecule has 0 amide bonds. The van der Waals surface area contributed by atoms with Crippen LogP contribution in [0.5, 0.6) is 0 Å². The third-order valence-corrected chi connectivity index (χ3v) is 2.83. The molecular weight excluding hydrogens is 210 g/mol. The van der Waals surface area contributed by atoms with Gasteiger partial charge in [-0.3, -0.25) is 0 Å². The van der Waals surface area contributed by atoms with Crippen LogP contribution in [0.25, 0.3) is 10.2 Å². The molecule has 50 valence electrons. The van der Waals surface area contributed by atoms with E-state index in [1.165, 1.54) is 5.39 Å². The van der Waals surface area contributed by atoms with Gasteiger partial charge in [0.15, 0.2) is 0 Å². The lowest BCUT2D eigenvalue weighted by molar-refractivity contribution is 1.45. The third kappa shape index (κ3) is 0.954. The van der Waals surface area contributed by atoms with Crippen molar-refractivity contribution in [1.82, 2.24) is 4.98 Å². The fourth-order valence-corrected chi connectivity index (χ4v) is 2.28. The minimum Gasteiger partial charge on any atom is -0.245 e. The molecule has 1 nitrogen and oxygen atoms in total. The highest BCUT2D eigenvalue weighted by Crippen LogP contribution is 2.27. The Kier molecular flexibility index (Phi) is 1.47. The second-order valence-electron chi connectivity index (χ2n) is 1.95. The van der Waals surface area contributed by atoms with Gasteiger partial charge in [-0.2, -0.15) is 0 Å². The number of hydrogen-bond donors (Lipinski definition) is 0. The number of aromatic nitrogens is 1. The van der Waals surface area contributed by atoms with E-state index in [-0.39, 0.29) is 0 Å². The molecule has 2 rings (SSSR count). The van der Waals surface area contributed by atoms with Gasteiger partial charge in [-0.05, 0) is 28.1 Å². The molecule has 0 aliphatic rings. The predicted octanol–water partition coefficient (Wildman–Crippen LogP) is 3.06. The summed E-state index contributed by atoms with van der Waals surface area (Å²) in [6, 6.07) is 6.08. The van der Waals surface area contributed by atoms with Gasteiger partial charge in [0, 0.05) is 11.6 Å². The summed E-state index contributed by atoms with van der Waals surface area (Å²) < 4.78 is 1.14. The first kappa shape index (κ1) is 6.31. The Bertz CT molecular complexity index is 322. The first-order chi connectivity index (χ1) is 4.86. The molecule has 0 saturated heterocycles. The van der Waals surface area contributed by atoms with Crippen LogP contribution in [-0.2, 0) is 0 Å². The molecular formula is C7H4BrNS. The molecule has 0 aromatic carbocycles. The van der Waals surface area contributed by atoms with E-state index in [2.05, 4.69) is 33.0 Å². The molecule has 0 aliphatic heterocycles. The molecule has 10 heavy (non-hydrogen) atoms. The van der Waals surface area contributed by atoms with Gasteiger partial charge < -0.3 is 0 Å². The SMILES string of the molecule is Brc1cc2cccnc2s1. The molecule has 0 saturated carbocycles. The summed E-state index contributed by atoms with van der Waals surface area (Å²) in [4.78, 5) is 5.28. The third-order valence-electron chi connectivity index (χ3n) is 1.26. The molecule has 0 fully saturated rings. The number of pyridine rings is 1. The van der Waals surface area contributed by atoms with Crippen molar-refractivity contribution in [2.45, 2.75) is 0 Å². The summed E-state index contributed by atoms with van der Waals surface area (Å²) in [5.74, 6) is 0. The fraction of sp³-hybridized carbons (Fsp3) is 0. The van der Waals surface area contributed by atoms with Gasteiger partial charge in [0.05, 0.1) is 3.79 Å². The molecule has 2 aromatic heterocycles. The summed E-state index contributed by atoms with van der Waals surface area (Å²) in [5.41, 5.74) is 0. The first-order valence-corrected chi connectivity index (χ1v) is 4.47. The minimum absolute atomic E-state index is 1.09. The van der Waals surface area contributed by atoms with E-state index in [1.54, 1.807) is 11.3 Å². The maximum Gasteiger partial charge on any atom is 0.124 e. The van der Waals surface area contributed by atoms with Crippen molar-refractivity contribution in [2.75, 3.05) is 0 Å². The number of halogens is 1. The van der Waals surface area contributed by atoms with Crippen molar-refractivity contribution in [3.8, 4) is 0 Å². The van der Waals surface area contributed by atoms with Crippen LogP contribution in [0.15, 0.2) is 28.2 Å². The Morgan fingerprint density at radius 1 is 1.50 bits per heavy atom. The predicted molar refractivity (Wildman–Crippen MR) is 47.3 cm³/mol. The van der Waals surface area contributed by atoms with Crippen LogP contribution in [-0.4, -0.2) is 4.98 Å². The summed E-state index contributed by atoms with van der Waals surface area (Å²) in [6.45, 7) is 0. The van der Waals surface area contributed by atoms with E-state index < -0.39 is 0 Å². The molecule has 0 N–H and O–H groups in total. The highest BCUT2D eigenvalue weighted by molar-refractivity contribution is 9.11. The van der Waals surface area contributed by atoms with Crippen molar-refractivity contribution < 1.29 is 0 Å². The topological polar surface area (TPSA) is 12.9 Å². The molecule has 0 unspecified atom stereocenters. The van der Waals surface area contributed by atoms with E-state index in [9.17, 15) is 0 Å². The smallest absolute Gasteiger partial charge is 0.124 e. The van der Waals surface area contributed by atoms with Crippen LogP contribution in [0.1, 0.15) is 0 Å². The quantitative estimate of drug-likeness (QED) is 0.656. The number of thiophene rings is 1. The Morgan fingerprint density at radius 2 is 2.40 bits per heavy atom. The van der Waals surface area contributed by atoms with Crippen LogP contribution < -0.4 is 0 Å². The van der Waals surface area contributed by atoms with Crippen molar-refractivity contribution in [2.24, 2.45) is 0 Å². The van der Waals surface area contributed by atoms with Crippen LogP contribution in [0.4, 0.5) is 0 Å². The van der Waals surface area contributed by atoms with Crippen molar-refractivity contribution in [3.05, 3.63) is 28.2 Å². The van der Waals surface area contributed by atoms with Crippen molar-refractivity contribution in [3.63, 3.8) is 0 Å². The van der Waals surface area contributed by atoms with E-state index in [0.717, 1.165) is 8.62 Å². The first-order valence-electron chi connectivity index (χ1n) is 2.86. The molecule has 3 heteroatoms. The van der Waals surface area contributed by atoms with Gasteiger partial charge in [0.2, 0.25) is 0 Å². The number of hydrogen-bond acceptors (Lipinski definition) is 2. The maximum atomic E-state index is 4.19. The molecule has 0 spiro atoms. The minimum atomic E-state index is 1.09. The average molecular weight is 214 g/mol. The van der Waals surface area contributed by atoms with Crippen LogP contribution in [0.3, 0.4) is 0 Å². The molecule has 2 heterocycles. The molecule has 0 bridgehead atoms. The van der Waals surface area contributed by atoms with Gasteiger partial charge in [0.25, 0.3) is 0 Å². The average Bonchev–Trinajstić information content (AvgIpc) is 2.27. The number of rotatable bonds is 0. The van der Waals surface area contributed by atoms with Gasteiger partial charge >= 0.3 is 0 Å². The zero-order chi connectivity index (χ0) is 6.97. The second-order valence-corrected chi connectivity index (χ2v) is 4.36. The van der Waals surface area contributed by atoms with E-state index in [0.29, 0.717) is 0 Å². The Hall–Kier alpha value is -0.410. The Labute approximate surface area is 70.8 Å². The maximum absolute atomic E-state index is 4.19. The zero-order valence-corrected chi connectivity index (χ0v) is 7.45. The summed E-state index contributed by atoms with van der Waals surface area (Å²) >= 11 is 5.06. The number of nitrogens with zero attached hydrogens (tertiary/aromatic N) is 1. The molecule has 0 aliphatic carbocycles.